The van der Waals surface area contributed by atoms with Crippen LogP contribution in [0.15, 0.2) is 60.7 Å². The number of hydrogen-bond acceptors (Lipinski definition) is 0. The molecule has 2 heteroatoms. The molecule has 2 atom stereocenters. The van der Waals surface area contributed by atoms with E-state index in [1.165, 1.54) is 24.8 Å². The minimum absolute atomic E-state index is 0.0803. The molecule has 0 spiro atoms. The highest BCUT2D eigenvalue weighted by Crippen LogP contribution is 2.42. The summed E-state index contributed by atoms with van der Waals surface area (Å²) in [5.74, 6) is 0.0771. The van der Waals surface area contributed by atoms with Gasteiger partial charge in [0.05, 0.1) is 5.56 Å². The Bertz CT molecular complexity index is 979. The van der Waals surface area contributed by atoms with Gasteiger partial charge in [0.15, 0.2) is 0 Å². The molecule has 0 amide bonds. The molecule has 0 N–H and O–H groups in total. The van der Waals surface area contributed by atoms with Crippen molar-refractivity contribution in [2.24, 2.45) is 5.92 Å². The standard InChI is InChI=1S/C29H32F2/c1-3-5-20-7-10-22(11-8-20)23-13-15-24(16-14-23)29-27(30)18-26(19-28(29)31)25-12-9-21(17-25)6-4-2/h7-8,10-11,13-16,18-19,21,25H,3-6,9,12,17H2,1-2H3. The Labute approximate surface area is 185 Å². The Morgan fingerprint density at radius 3 is 1.90 bits per heavy atom. The fourth-order valence-electron chi connectivity index (χ4n) is 5.13. The largest absolute Gasteiger partial charge is 0.206 e. The van der Waals surface area contributed by atoms with E-state index in [0.717, 1.165) is 42.4 Å². The summed E-state index contributed by atoms with van der Waals surface area (Å²) in [4.78, 5) is 0. The Morgan fingerprint density at radius 1 is 0.742 bits per heavy atom. The SMILES string of the molecule is CCCc1ccc(-c2ccc(-c3c(F)cc(C4CCC(CCC)C4)cc3F)cc2)cc1. The van der Waals surface area contributed by atoms with Crippen LogP contribution in [0.5, 0.6) is 0 Å². The van der Waals surface area contributed by atoms with Crippen molar-refractivity contribution in [3.63, 3.8) is 0 Å². The monoisotopic (exact) mass is 418 g/mol. The van der Waals surface area contributed by atoms with Crippen LogP contribution >= 0.6 is 0 Å². The molecule has 1 fully saturated rings. The quantitative estimate of drug-likeness (QED) is 0.359. The Hall–Kier alpha value is -2.48. The van der Waals surface area contributed by atoms with Crippen molar-refractivity contribution < 1.29 is 8.78 Å². The topological polar surface area (TPSA) is 0 Å². The van der Waals surface area contributed by atoms with E-state index in [9.17, 15) is 8.78 Å². The highest BCUT2D eigenvalue weighted by molar-refractivity contribution is 5.71. The van der Waals surface area contributed by atoms with Crippen LogP contribution in [0, 0.1) is 17.6 Å². The summed E-state index contributed by atoms with van der Waals surface area (Å²) >= 11 is 0. The summed E-state index contributed by atoms with van der Waals surface area (Å²) in [7, 11) is 0. The van der Waals surface area contributed by atoms with Crippen LogP contribution in [-0.4, -0.2) is 0 Å². The van der Waals surface area contributed by atoms with Gasteiger partial charge in [0.1, 0.15) is 11.6 Å². The summed E-state index contributed by atoms with van der Waals surface area (Å²) in [5, 5.41) is 0. The van der Waals surface area contributed by atoms with Crippen molar-refractivity contribution in [2.45, 2.75) is 64.7 Å². The van der Waals surface area contributed by atoms with E-state index in [0.29, 0.717) is 11.5 Å². The van der Waals surface area contributed by atoms with Crippen molar-refractivity contribution in [3.8, 4) is 22.3 Å². The Balaban J connectivity index is 1.54. The average molecular weight is 419 g/mol. The second-order valence-electron chi connectivity index (χ2n) is 9.05. The van der Waals surface area contributed by atoms with Crippen LogP contribution in [0.2, 0.25) is 0 Å². The van der Waals surface area contributed by atoms with E-state index >= 15 is 0 Å². The molecule has 162 valence electrons. The molecule has 0 radical (unpaired) electrons. The summed E-state index contributed by atoms with van der Waals surface area (Å²) < 4.78 is 30.0. The lowest BCUT2D eigenvalue weighted by Gasteiger charge is -2.14. The highest BCUT2D eigenvalue weighted by atomic mass is 19.1. The van der Waals surface area contributed by atoms with Crippen LogP contribution in [-0.2, 0) is 6.42 Å². The van der Waals surface area contributed by atoms with E-state index in [-0.39, 0.29) is 11.5 Å². The van der Waals surface area contributed by atoms with E-state index in [4.69, 9.17) is 0 Å². The van der Waals surface area contributed by atoms with Crippen LogP contribution < -0.4 is 0 Å². The molecular weight excluding hydrogens is 386 g/mol. The molecule has 31 heavy (non-hydrogen) atoms. The third-order valence-electron chi connectivity index (χ3n) is 6.77. The molecule has 4 rings (SSSR count). The zero-order valence-corrected chi connectivity index (χ0v) is 18.6. The lowest BCUT2D eigenvalue weighted by Crippen LogP contribution is -2.00. The lowest BCUT2D eigenvalue weighted by molar-refractivity contribution is 0.488. The first-order valence-corrected chi connectivity index (χ1v) is 11.8. The van der Waals surface area contributed by atoms with Crippen LogP contribution in [0.3, 0.4) is 0 Å². The lowest BCUT2D eigenvalue weighted by atomic mass is 9.92. The van der Waals surface area contributed by atoms with Crippen molar-refractivity contribution in [1.82, 2.24) is 0 Å². The van der Waals surface area contributed by atoms with E-state index in [1.807, 2.05) is 24.3 Å². The van der Waals surface area contributed by atoms with Crippen molar-refractivity contribution in [2.75, 3.05) is 0 Å². The van der Waals surface area contributed by atoms with Gasteiger partial charge in [-0.05, 0) is 77.5 Å². The third-order valence-corrected chi connectivity index (χ3v) is 6.77. The van der Waals surface area contributed by atoms with Crippen molar-refractivity contribution >= 4 is 0 Å². The summed E-state index contributed by atoms with van der Waals surface area (Å²) in [5.41, 5.74) is 4.99. The minimum atomic E-state index is -0.453. The Kier molecular flexibility index (Phi) is 6.85. The molecule has 1 saturated carbocycles. The first-order valence-electron chi connectivity index (χ1n) is 11.8. The number of benzene rings is 3. The van der Waals surface area contributed by atoms with E-state index in [1.54, 1.807) is 12.1 Å². The molecule has 2 unspecified atom stereocenters. The minimum Gasteiger partial charge on any atom is -0.206 e. The van der Waals surface area contributed by atoms with Gasteiger partial charge in [0.25, 0.3) is 0 Å². The maximum absolute atomic E-state index is 15.0. The number of hydrogen-bond donors (Lipinski definition) is 0. The summed E-state index contributed by atoms with van der Waals surface area (Å²) in [6.07, 6.45) is 7.86. The van der Waals surface area contributed by atoms with Crippen LogP contribution in [0.4, 0.5) is 8.78 Å². The Morgan fingerprint density at radius 2 is 1.32 bits per heavy atom. The number of rotatable bonds is 7. The molecule has 1 aliphatic carbocycles. The normalized spacial score (nSPS) is 18.5. The molecule has 0 aliphatic heterocycles. The van der Waals surface area contributed by atoms with Gasteiger partial charge < -0.3 is 0 Å². The van der Waals surface area contributed by atoms with Crippen LogP contribution in [0.25, 0.3) is 22.3 Å². The number of aryl methyl sites for hydroxylation is 1. The number of halogens is 2. The molecule has 0 bridgehead atoms. The fourth-order valence-corrected chi connectivity index (χ4v) is 5.13. The average Bonchev–Trinajstić information content (AvgIpc) is 3.24. The second kappa shape index (κ2) is 9.77. The summed E-state index contributed by atoms with van der Waals surface area (Å²) in [6.45, 7) is 4.38. The van der Waals surface area contributed by atoms with E-state index < -0.39 is 11.6 Å². The first kappa shape index (κ1) is 21.7. The first-order chi connectivity index (χ1) is 15.1. The molecule has 1 aliphatic rings. The molecular formula is C29H32F2. The predicted octanol–water partition coefficient (Wildman–Crippen LogP) is 8.94. The van der Waals surface area contributed by atoms with Gasteiger partial charge in [-0.1, -0.05) is 81.6 Å². The van der Waals surface area contributed by atoms with E-state index in [2.05, 4.69) is 38.1 Å². The molecule has 3 aromatic carbocycles. The fraction of sp³-hybridized carbons (Fsp3) is 0.379. The smallest absolute Gasteiger partial charge is 0.134 e. The van der Waals surface area contributed by atoms with Gasteiger partial charge in [-0.15, -0.1) is 0 Å². The predicted molar refractivity (Wildman–Crippen MR) is 126 cm³/mol. The van der Waals surface area contributed by atoms with Crippen molar-refractivity contribution in [1.29, 1.82) is 0 Å². The molecule has 0 aromatic heterocycles. The molecule has 0 saturated heterocycles. The molecule has 3 aromatic rings. The zero-order chi connectivity index (χ0) is 21.8. The van der Waals surface area contributed by atoms with Gasteiger partial charge in [-0.2, -0.15) is 0 Å². The van der Waals surface area contributed by atoms with Gasteiger partial charge in [0, 0.05) is 0 Å². The van der Waals surface area contributed by atoms with Crippen LogP contribution in [0.1, 0.15) is 69.4 Å². The third kappa shape index (κ3) is 4.89. The van der Waals surface area contributed by atoms with Gasteiger partial charge >= 0.3 is 0 Å². The van der Waals surface area contributed by atoms with Crippen molar-refractivity contribution in [3.05, 3.63) is 83.4 Å². The zero-order valence-electron chi connectivity index (χ0n) is 18.6. The van der Waals surface area contributed by atoms with Gasteiger partial charge in [-0.3, -0.25) is 0 Å². The summed E-state index contributed by atoms with van der Waals surface area (Å²) in [6, 6.07) is 19.2. The molecule has 0 heterocycles. The maximum Gasteiger partial charge on any atom is 0.134 e. The van der Waals surface area contributed by atoms with Gasteiger partial charge in [0.2, 0.25) is 0 Å². The molecule has 0 nitrogen and oxygen atoms in total. The highest BCUT2D eigenvalue weighted by Gasteiger charge is 2.27. The second-order valence-corrected chi connectivity index (χ2v) is 9.05. The van der Waals surface area contributed by atoms with Gasteiger partial charge in [-0.25, -0.2) is 8.78 Å². The maximum atomic E-state index is 15.0.